The molecule has 18 heavy (non-hydrogen) atoms. The van der Waals surface area contributed by atoms with Crippen LogP contribution in [0.25, 0.3) is 0 Å². The third-order valence-electron chi connectivity index (χ3n) is 2.10. The lowest BCUT2D eigenvalue weighted by Gasteiger charge is -2.21. The van der Waals surface area contributed by atoms with Crippen LogP contribution in [-0.4, -0.2) is 33.8 Å². The molecule has 3 N–H and O–H groups in total. The minimum atomic E-state index is -1.11. The van der Waals surface area contributed by atoms with Gasteiger partial charge in [0.2, 0.25) is 0 Å². The molecule has 1 heterocycles. The molecular formula is C11H17N3O3S. The topological polar surface area (TPSA) is 98.1 Å². The molecule has 0 fully saturated rings. The lowest BCUT2D eigenvalue weighted by Crippen LogP contribution is -2.48. The van der Waals surface area contributed by atoms with Gasteiger partial charge in [0.25, 0.3) is 5.56 Å². The number of carbonyl (C=O) groups is 1. The maximum absolute atomic E-state index is 11.6. The molecule has 0 aliphatic carbocycles. The summed E-state index contributed by atoms with van der Waals surface area (Å²) in [5.74, 6) is -0.189. The van der Waals surface area contributed by atoms with E-state index in [1.165, 1.54) is 17.8 Å². The Morgan fingerprint density at radius 1 is 1.67 bits per heavy atom. The number of nitrogens with zero attached hydrogens (tertiary/aromatic N) is 1. The summed E-state index contributed by atoms with van der Waals surface area (Å²) in [6.07, 6.45) is 0. The highest BCUT2D eigenvalue weighted by Gasteiger charge is 2.30. The van der Waals surface area contributed by atoms with Gasteiger partial charge in [-0.05, 0) is 20.8 Å². The molecule has 1 atom stereocenters. The van der Waals surface area contributed by atoms with Crippen LogP contribution in [0.2, 0.25) is 0 Å². The molecule has 0 aromatic carbocycles. The summed E-state index contributed by atoms with van der Waals surface area (Å²) in [7, 11) is 0. The zero-order valence-corrected chi connectivity index (χ0v) is 11.5. The number of aryl methyl sites for hydroxylation is 1. The predicted octanol–water partition coefficient (Wildman–Crippen LogP) is 0.451. The van der Waals surface area contributed by atoms with Gasteiger partial charge in [-0.3, -0.25) is 9.59 Å². The predicted molar refractivity (Wildman–Crippen MR) is 69.5 cm³/mol. The Balaban J connectivity index is 2.69. The monoisotopic (exact) mass is 271 g/mol. The molecule has 1 rings (SSSR count). The first kappa shape index (κ1) is 14.7. The van der Waals surface area contributed by atoms with Gasteiger partial charge in [-0.15, -0.1) is 0 Å². The van der Waals surface area contributed by atoms with E-state index < -0.39 is 11.5 Å². The van der Waals surface area contributed by atoms with E-state index in [1.54, 1.807) is 20.8 Å². The number of rotatable bonds is 5. The van der Waals surface area contributed by atoms with Crippen molar-refractivity contribution < 1.29 is 9.53 Å². The standard InChI is InChI=1S/C11H17N3O3S/c1-4-17-9(16)11(3,12)6-18-10-13-7(2)5-8(15)14-10/h5H,4,6,12H2,1-3H3,(H,13,14,15). The molecule has 6 nitrogen and oxygen atoms in total. The molecule has 7 heteroatoms. The van der Waals surface area contributed by atoms with E-state index in [2.05, 4.69) is 9.97 Å². The van der Waals surface area contributed by atoms with Crippen molar-refractivity contribution in [3.63, 3.8) is 0 Å². The lowest BCUT2D eigenvalue weighted by molar-refractivity contribution is -0.148. The Morgan fingerprint density at radius 2 is 2.33 bits per heavy atom. The molecule has 0 aliphatic heterocycles. The number of hydrogen-bond donors (Lipinski definition) is 2. The molecule has 0 aliphatic rings. The third kappa shape index (κ3) is 4.15. The molecule has 0 saturated heterocycles. The van der Waals surface area contributed by atoms with Crippen LogP contribution in [0.1, 0.15) is 19.5 Å². The molecule has 100 valence electrons. The highest BCUT2D eigenvalue weighted by atomic mass is 32.2. The molecule has 1 aromatic rings. The number of nitrogens with two attached hydrogens (primary N) is 1. The van der Waals surface area contributed by atoms with Gasteiger partial charge in [-0.2, -0.15) is 0 Å². The zero-order valence-electron chi connectivity index (χ0n) is 10.6. The Kier molecular flexibility index (Phi) is 4.92. The van der Waals surface area contributed by atoms with Crippen LogP contribution in [0.3, 0.4) is 0 Å². The van der Waals surface area contributed by atoms with E-state index in [1.807, 2.05) is 0 Å². The van der Waals surface area contributed by atoms with Crippen LogP contribution < -0.4 is 11.3 Å². The number of thioether (sulfide) groups is 1. The maximum atomic E-state index is 11.6. The number of H-pyrrole nitrogens is 1. The number of nitrogens with one attached hydrogen (secondary N) is 1. The Bertz CT molecular complexity index is 485. The van der Waals surface area contributed by atoms with E-state index in [9.17, 15) is 9.59 Å². The average Bonchev–Trinajstić information content (AvgIpc) is 2.25. The van der Waals surface area contributed by atoms with E-state index in [-0.39, 0.29) is 17.9 Å². The fraction of sp³-hybridized carbons (Fsp3) is 0.545. The van der Waals surface area contributed by atoms with Gasteiger partial charge >= 0.3 is 5.97 Å². The van der Waals surface area contributed by atoms with Crippen LogP contribution >= 0.6 is 11.8 Å². The molecule has 0 saturated carbocycles. The Labute approximate surface area is 109 Å². The SMILES string of the molecule is CCOC(=O)C(C)(N)CSc1nc(C)cc(=O)[nH]1. The second kappa shape index (κ2) is 6.01. The van der Waals surface area contributed by atoms with Crippen LogP contribution in [0.5, 0.6) is 0 Å². The molecular weight excluding hydrogens is 254 g/mol. The van der Waals surface area contributed by atoms with Crippen molar-refractivity contribution in [1.29, 1.82) is 0 Å². The van der Waals surface area contributed by atoms with Crippen molar-refractivity contribution in [1.82, 2.24) is 9.97 Å². The van der Waals surface area contributed by atoms with Gasteiger partial charge in [0.05, 0.1) is 6.61 Å². The Morgan fingerprint density at radius 3 is 2.89 bits per heavy atom. The number of aromatic nitrogens is 2. The molecule has 1 unspecified atom stereocenters. The second-order valence-electron chi connectivity index (χ2n) is 4.12. The summed E-state index contributed by atoms with van der Waals surface area (Å²) in [6.45, 7) is 5.33. The van der Waals surface area contributed by atoms with Gasteiger partial charge in [0.1, 0.15) is 5.54 Å². The first-order chi connectivity index (χ1) is 8.35. The summed E-state index contributed by atoms with van der Waals surface area (Å²) in [5, 5.41) is 0.445. The first-order valence-electron chi connectivity index (χ1n) is 5.52. The minimum Gasteiger partial charge on any atom is -0.465 e. The minimum absolute atomic E-state index is 0.222. The van der Waals surface area contributed by atoms with Gasteiger partial charge in [0.15, 0.2) is 5.16 Å². The van der Waals surface area contributed by atoms with Crippen LogP contribution in [0.4, 0.5) is 0 Å². The van der Waals surface area contributed by atoms with E-state index in [4.69, 9.17) is 10.5 Å². The summed E-state index contributed by atoms with van der Waals surface area (Å²) >= 11 is 1.22. The van der Waals surface area contributed by atoms with Crippen molar-refractivity contribution in [3.05, 3.63) is 22.1 Å². The number of aromatic amines is 1. The number of ether oxygens (including phenoxy) is 1. The Hall–Kier alpha value is -1.34. The van der Waals surface area contributed by atoms with Crippen molar-refractivity contribution in [3.8, 4) is 0 Å². The molecule has 0 bridgehead atoms. The van der Waals surface area contributed by atoms with Gasteiger partial charge in [-0.25, -0.2) is 4.98 Å². The van der Waals surface area contributed by atoms with Crippen molar-refractivity contribution in [2.75, 3.05) is 12.4 Å². The molecule has 0 radical (unpaired) electrons. The fourth-order valence-electron chi connectivity index (χ4n) is 1.19. The van der Waals surface area contributed by atoms with E-state index >= 15 is 0 Å². The lowest BCUT2D eigenvalue weighted by atomic mass is 10.1. The summed E-state index contributed by atoms with van der Waals surface area (Å²) in [5.41, 5.74) is 5.15. The number of esters is 1. The smallest absolute Gasteiger partial charge is 0.326 e. The molecule has 0 spiro atoms. The van der Waals surface area contributed by atoms with Gasteiger partial charge < -0.3 is 15.5 Å². The van der Waals surface area contributed by atoms with E-state index in [0.29, 0.717) is 10.9 Å². The van der Waals surface area contributed by atoms with Crippen molar-refractivity contribution in [2.24, 2.45) is 5.73 Å². The van der Waals surface area contributed by atoms with Crippen LogP contribution in [0.15, 0.2) is 16.0 Å². The van der Waals surface area contributed by atoms with Crippen LogP contribution in [0, 0.1) is 6.92 Å². The number of carbonyl (C=O) groups excluding carboxylic acids is 1. The largest absolute Gasteiger partial charge is 0.465 e. The summed E-state index contributed by atoms with van der Waals surface area (Å²) in [6, 6.07) is 1.40. The van der Waals surface area contributed by atoms with Gasteiger partial charge in [0, 0.05) is 17.5 Å². The zero-order chi connectivity index (χ0) is 13.8. The third-order valence-corrected chi connectivity index (χ3v) is 3.31. The second-order valence-corrected chi connectivity index (χ2v) is 5.08. The summed E-state index contributed by atoms with van der Waals surface area (Å²) in [4.78, 5) is 29.5. The fourth-order valence-corrected chi connectivity index (χ4v) is 2.13. The normalized spacial score (nSPS) is 14.0. The average molecular weight is 271 g/mol. The van der Waals surface area contributed by atoms with Crippen molar-refractivity contribution >= 4 is 17.7 Å². The van der Waals surface area contributed by atoms with Crippen LogP contribution in [-0.2, 0) is 9.53 Å². The molecule has 1 aromatic heterocycles. The first-order valence-corrected chi connectivity index (χ1v) is 6.50. The molecule has 0 amide bonds. The van der Waals surface area contributed by atoms with Crippen molar-refractivity contribution in [2.45, 2.75) is 31.5 Å². The highest BCUT2D eigenvalue weighted by molar-refractivity contribution is 7.99. The van der Waals surface area contributed by atoms with Gasteiger partial charge in [-0.1, -0.05) is 11.8 Å². The number of hydrogen-bond acceptors (Lipinski definition) is 6. The summed E-state index contributed by atoms with van der Waals surface area (Å²) < 4.78 is 4.87. The quantitative estimate of drug-likeness (QED) is 0.458. The highest BCUT2D eigenvalue weighted by Crippen LogP contribution is 2.18. The maximum Gasteiger partial charge on any atom is 0.326 e. The van der Waals surface area contributed by atoms with E-state index in [0.717, 1.165) is 0 Å².